The maximum Gasteiger partial charge on any atom is 0.290 e. The lowest BCUT2D eigenvalue weighted by Gasteiger charge is -2.08. The Morgan fingerprint density at radius 1 is 1.69 bits per heavy atom. The van der Waals surface area contributed by atoms with Crippen molar-refractivity contribution in [3.63, 3.8) is 0 Å². The van der Waals surface area contributed by atoms with Gasteiger partial charge in [0.25, 0.3) is 5.69 Å². The SMILES string of the molecule is Cc1cc(CC(O)C2CC2)ncc1[N+](=O)[O-]. The summed E-state index contributed by atoms with van der Waals surface area (Å²) in [7, 11) is 0. The first-order valence-electron chi connectivity index (χ1n) is 5.36. The van der Waals surface area contributed by atoms with E-state index in [0.717, 1.165) is 18.5 Å². The second kappa shape index (κ2) is 4.17. The normalized spacial score (nSPS) is 17.1. The van der Waals surface area contributed by atoms with Gasteiger partial charge in [-0.2, -0.15) is 0 Å². The lowest BCUT2D eigenvalue weighted by molar-refractivity contribution is -0.385. The van der Waals surface area contributed by atoms with Gasteiger partial charge in [-0.25, -0.2) is 0 Å². The van der Waals surface area contributed by atoms with E-state index in [9.17, 15) is 15.2 Å². The van der Waals surface area contributed by atoms with E-state index < -0.39 is 4.92 Å². The van der Waals surface area contributed by atoms with E-state index in [2.05, 4.69) is 4.98 Å². The molecule has 1 saturated carbocycles. The molecule has 1 aliphatic rings. The van der Waals surface area contributed by atoms with Crippen LogP contribution in [0.15, 0.2) is 12.3 Å². The maximum absolute atomic E-state index is 10.6. The summed E-state index contributed by atoms with van der Waals surface area (Å²) in [6.45, 7) is 1.69. The predicted octanol–water partition coefficient (Wildman–Crippen LogP) is 1.61. The smallest absolute Gasteiger partial charge is 0.290 e. The van der Waals surface area contributed by atoms with Crippen LogP contribution in [0.5, 0.6) is 0 Å². The molecule has 0 saturated heterocycles. The lowest BCUT2D eigenvalue weighted by Crippen LogP contribution is -2.14. The number of rotatable bonds is 4. The van der Waals surface area contributed by atoms with Crippen molar-refractivity contribution in [2.75, 3.05) is 0 Å². The van der Waals surface area contributed by atoms with Gasteiger partial charge < -0.3 is 5.11 Å². The molecule has 5 nitrogen and oxygen atoms in total. The van der Waals surface area contributed by atoms with E-state index in [4.69, 9.17) is 0 Å². The molecule has 2 rings (SSSR count). The van der Waals surface area contributed by atoms with Crippen molar-refractivity contribution in [3.05, 3.63) is 33.6 Å². The summed E-state index contributed by atoms with van der Waals surface area (Å²) < 4.78 is 0. The molecule has 1 aromatic rings. The van der Waals surface area contributed by atoms with Crippen LogP contribution in [0.1, 0.15) is 24.1 Å². The molecule has 0 aliphatic heterocycles. The zero-order valence-electron chi connectivity index (χ0n) is 9.09. The molecule has 0 amide bonds. The molecule has 1 aliphatic carbocycles. The highest BCUT2D eigenvalue weighted by molar-refractivity contribution is 5.37. The van der Waals surface area contributed by atoms with Crippen LogP contribution in [0.2, 0.25) is 0 Å². The van der Waals surface area contributed by atoms with Crippen LogP contribution in [0.3, 0.4) is 0 Å². The molecular weight excluding hydrogens is 208 g/mol. The Bertz CT molecular complexity index is 416. The maximum atomic E-state index is 10.6. The highest BCUT2D eigenvalue weighted by Gasteiger charge is 2.30. The van der Waals surface area contributed by atoms with Crippen molar-refractivity contribution in [1.29, 1.82) is 0 Å². The number of aryl methyl sites for hydroxylation is 1. The number of hydrogen-bond acceptors (Lipinski definition) is 4. The minimum Gasteiger partial charge on any atom is -0.392 e. The van der Waals surface area contributed by atoms with Crippen LogP contribution < -0.4 is 0 Å². The molecule has 1 fully saturated rings. The van der Waals surface area contributed by atoms with Crippen molar-refractivity contribution < 1.29 is 10.0 Å². The van der Waals surface area contributed by atoms with Gasteiger partial charge in [0, 0.05) is 17.7 Å². The number of pyridine rings is 1. The first-order chi connectivity index (χ1) is 7.58. The van der Waals surface area contributed by atoms with E-state index in [-0.39, 0.29) is 11.8 Å². The van der Waals surface area contributed by atoms with Crippen molar-refractivity contribution in [1.82, 2.24) is 4.98 Å². The standard InChI is InChI=1S/C11H14N2O3/c1-7-4-9(5-11(14)8-2-3-8)12-6-10(7)13(15)16/h4,6,8,11,14H,2-3,5H2,1H3. The number of aliphatic hydroxyl groups is 1. The summed E-state index contributed by atoms with van der Waals surface area (Å²) in [5, 5.41) is 20.3. The zero-order chi connectivity index (χ0) is 11.7. The number of aliphatic hydroxyl groups excluding tert-OH is 1. The third-order valence-electron chi connectivity index (χ3n) is 2.92. The van der Waals surface area contributed by atoms with E-state index in [1.54, 1.807) is 13.0 Å². The molecule has 0 aromatic carbocycles. The summed E-state index contributed by atoms with van der Waals surface area (Å²) >= 11 is 0. The van der Waals surface area contributed by atoms with Crippen LogP contribution in [-0.4, -0.2) is 21.1 Å². The molecule has 0 spiro atoms. The summed E-state index contributed by atoms with van der Waals surface area (Å²) in [5.74, 6) is 0.400. The molecule has 1 N–H and O–H groups in total. The fourth-order valence-electron chi connectivity index (χ4n) is 1.77. The number of hydrogen-bond donors (Lipinski definition) is 1. The van der Waals surface area contributed by atoms with Gasteiger partial charge in [-0.15, -0.1) is 0 Å². The van der Waals surface area contributed by atoms with Gasteiger partial charge in [-0.3, -0.25) is 15.1 Å². The topological polar surface area (TPSA) is 76.3 Å². The summed E-state index contributed by atoms with van der Waals surface area (Å²) in [5.41, 5.74) is 1.35. The average molecular weight is 222 g/mol. The molecule has 86 valence electrons. The van der Waals surface area contributed by atoms with E-state index in [0.29, 0.717) is 17.9 Å². The van der Waals surface area contributed by atoms with E-state index in [1.165, 1.54) is 6.20 Å². The third-order valence-corrected chi connectivity index (χ3v) is 2.92. The minimum absolute atomic E-state index is 0.0321. The number of nitrogens with zero attached hydrogens (tertiary/aromatic N) is 2. The van der Waals surface area contributed by atoms with Crippen LogP contribution in [0.4, 0.5) is 5.69 Å². The van der Waals surface area contributed by atoms with Gasteiger partial charge in [0.15, 0.2) is 0 Å². The average Bonchev–Trinajstić information content (AvgIpc) is 2.99. The second-order valence-electron chi connectivity index (χ2n) is 4.33. The minimum atomic E-state index is -0.441. The van der Waals surface area contributed by atoms with Crippen LogP contribution >= 0.6 is 0 Å². The predicted molar refractivity (Wildman–Crippen MR) is 58.1 cm³/mol. The zero-order valence-corrected chi connectivity index (χ0v) is 9.09. The van der Waals surface area contributed by atoms with Gasteiger partial charge in [-0.05, 0) is 31.7 Å². The summed E-state index contributed by atoms with van der Waals surface area (Å²) in [4.78, 5) is 14.2. The second-order valence-corrected chi connectivity index (χ2v) is 4.33. The molecule has 1 heterocycles. The van der Waals surface area contributed by atoms with Gasteiger partial charge in [0.1, 0.15) is 6.20 Å². The number of nitro groups is 1. The summed E-state index contributed by atoms with van der Waals surface area (Å²) in [6.07, 6.45) is 3.56. The quantitative estimate of drug-likeness (QED) is 0.620. The van der Waals surface area contributed by atoms with E-state index in [1.807, 2.05) is 0 Å². The molecule has 5 heteroatoms. The van der Waals surface area contributed by atoms with Gasteiger partial charge in [-0.1, -0.05) is 0 Å². The van der Waals surface area contributed by atoms with Gasteiger partial charge in [0.2, 0.25) is 0 Å². The number of aromatic nitrogens is 1. The molecule has 1 unspecified atom stereocenters. The Morgan fingerprint density at radius 3 is 2.88 bits per heavy atom. The van der Waals surface area contributed by atoms with Crippen molar-refractivity contribution in [3.8, 4) is 0 Å². The van der Waals surface area contributed by atoms with Crippen molar-refractivity contribution >= 4 is 5.69 Å². The van der Waals surface area contributed by atoms with E-state index >= 15 is 0 Å². The first kappa shape index (κ1) is 11.0. The van der Waals surface area contributed by atoms with Gasteiger partial charge >= 0.3 is 0 Å². The monoisotopic (exact) mass is 222 g/mol. The molecule has 0 radical (unpaired) electrons. The Hall–Kier alpha value is -1.49. The highest BCUT2D eigenvalue weighted by Crippen LogP contribution is 2.34. The Labute approximate surface area is 93.3 Å². The third kappa shape index (κ3) is 2.36. The largest absolute Gasteiger partial charge is 0.392 e. The Morgan fingerprint density at radius 2 is 2.38 bits per heavy atom. The molecular formula is C11H14N2O3. The Kier molecular flexibility index (Phi) is 2.87. The van der Waals surface area contributed by atoms with Crippen molar-refractivity contribution in [2.45, 2.75) is 32.3 Å². The lowest BCUT2D eigenvalue weighted by atomic mass is 10.1. The Balaban J connectivity index is 2.10. The van der Waals surface area contributed by atoms with Gasteiger partial charge in [0.05, 0.1) is 11.0 Å². The van der Waals surface area contributed by atoms with Crippen LogP contribution in [0, 0.1) is 23.0 Å². The fraction of sp³-hybridized carbons (Fsp3) is 0.545. The van der Waals surface area contributed by atoms with Crippen LogP contribution in [-0.2, 0) is 6.42 Å². The molecule has 0 bridgehead atoms. The van der Waals surface area contributed by atoms with Crippen LogP contribution in [0.25, 0.3) is 0 Å². The molecule has 1 atom stereocenters. The molecule has 1 aromatic heterocycles. The first-order valence-corrected chi connectivity index (χ1v) is 5.36. The van der Waals surface area contributed by atoms with Crippen molar-refractivity contribution in [2.24, 2.45) is 5.92 Å². The molecule has 16 heavy (non-hydrogen) atoms. The fourth-order valence-corrected chi connectivity index (χ4v) is 1.77. The highest BCUT2D eigenvalue weighted by atomic mass is 16.6. The summed E-state index contributed by atoms with van der Waals surface area (Å²) in [6, 6.07) is 1.68.